The van der Waals surface area contributed by atoms with Crippen LogP contribution in [0, 0.1) is 0 Å². The zero-order valence-electron chi connectivity index (χ0n) is 20.5. The van der Waals surface area contributed by atoms with Crippen LogP contribution in [0.3, 0.4) is 0 Å². The maximum absolute atomic E-state index is 14.0. The van der Waals surface area contributed by atoms with Crippen LogP contribution in [0.4, 0.5) is 4.79 Å². The molecule has 186 valence electrons. The highest BCUT2D eigenvalue weighted by molar-refractivity contribution is 7.89. The molecule has 1 amide bonds. The van der Waals surface area contributed by atoms with E-state index in [0.29, 0.717) is 41.8 Å². The Balaban J connectivity index is 1.68. The highest BCUT2D eigenvalue weighted by Gasteiger charge is 2.35. The van der Waals surface area contributed by atoms with Crippen molar-refractivity contribution in [1.29, 1.82) is 0 Å². The Bertz CT molecular complexity index is 1300. The number of aromatic nitrogens is 1. The van der Waals surface area contributed by atoms with Gasteiger partial charge in [-0.25, -0.2) is 13.2 Å². The van der Waals surface area contributed by atoms with E-state index in [1.807, 2.05) is 52.0 Å². The number of carbonyl (C=O) groups excluding carboxylic acids is 1. The summed E-state index contributed by atoms with van der Waals surface area (Å²) in [7, 11) is -3.91. The topological polar surface area (TPSA) is 89.0 Å². The second-order valence-electron chi connectivity index (χ2n) is 9.65. The molecule has 35 heavy (non-hydrogen) atoms. The minimum absolute atomic E-state index is 0.154. The number of fused-ring (bicyclic) bond motifs is 1. The summed E-state index contributed by atoms with van der Waals surface area (Å²) in [5.74, 6) is 0.955. The summed E-state index contributed by atoms with van der Waals surface area (Å²) in [6.07, 6.45) is 3.23. The summed E-state index contributed by atoms with van der Waals surface area (Å²) in [5.41, 5.74) is -0.621. The molecule has 1 fully saturated rings. The number of pyridine rings is 1. The van der Waals surface area contributed by atoms with Crippen LogP contribution in [0.25, 0.3) is 10.8 Å². The Morgan fingerprint density at radius 2 is 1.77 bits per heavy atom. The number of rotatable bonds is 4. The van der Waals surface area contributed by atoms with Crippen LogP contribution in [0.5, 0.6) is 11.5 Å². The molecule has 9 heteroatoms. The molecule has 4 rings (SSSR count). The van der Waals surface area contributed by atoms with E-state index in [-0.39, 0.29) is 11.4 Å². The van der Waals surface area contributed by atoms with E-state index in [2.05, 4.69) is 4.98 Å². The normalized spacial score (nSPS) is 17.7. The molecule has 0 bridgehead atoms. The van der Waals surface area contributed by atoms with Gasteiger partial charge in [0, 0.05) is 42.6 Å². The summed E-state index contributed by atoms with van der Waals surface area (Å²) < 4.78 is 41.0. The van der Waals surface area contributed by atoms with Crippen LogP contribution in [0.15, 0.2) is 65.8 Å². The number of hydrogen-bond acceptors (Lipinski definition) is 6. The molecule has 0 radical (unpaired) electrons. The number of sulfonamides is 1. The molecule has 8 nitrogen and oxygen atoms in total. The van der Waals surface area contributed by atoms with Crippen LogP contribution < -0.4 is 4.74 Å². The van der Waals surface area contributed by atoms with Gasteiger partial charge in [0.25, 0.3) is 0 Å². The van der Waals surface area contributed by atoms with Crippen molar-refractivity contribution < 1.29 is 22.7 Å². The van der Waals surface area contributed by atoms with Crippen LogP contribution in [-0.2, 0) is 14.8 Å². The third kappa shape index (κ3) is 5.57. The molecule has 1 atom stereocenters. The van der Waals surface area contributed by atoms with Gasteiger partial charge in [-0.2, -0.15) is 4.31 Å². The van der Waals surface area contributed by atoms with Gasteiger partial charge in [0.05, 0.1) is 11.1 Å². The summed E-state index contributed by atoms with van der Waals surface area (Å²) in [4.78, 5) is 18.6. The summed E-state index contributed by atoms with van der Waals surface area (Å²) in [6, 6.07) is 13.9. The lowest BCUT2D eigenvalue weighted by Crippen LogP contribution is -2.45. The van der Waals surface area contributed by atoms with Crippen molar-refractivity contribution in [2.75, 3.05) is 19.6 Å². The van der Waals surface area contributed by atoms with E-state index < -0.39 is 27.8 Å². The van der Waals surface area contributed by atoms with Crippen LogP contribution in [0.1, 0.15) is 34.1 Å². The molecule has 0 saturated carbocycles. The van der Waals surface area contributed by atoms with E-state index >= 15 is 0 Å². The van der Waals surface area contributed by atoms with Gasteiger partial charge in [0.2, 0.25) is 10.0 Å². The van der Waals surface area contributed by atoms with Gasteiger partial charge in [-0.05, 0) is 52.3 Å². The fourth-order valence-electron chi connectivity index (χ4n) is 4.19. The van der Waals surface area contributed by atoms with E-state index in [4.69, 9.17) is 9.47 Å². The average Bonchev–Trinajstić information content (AvgIpc) is 3.00. The first-order valence-electron chi connectivity index (χ1n) is 11.7. The van der Waals surface area contributed by atoms with Gasteiger partial charge in [0.15, 0.2) is 5.75 Å². The second-order valence-corrected chi connectivity index (χ2v) is 11.5. The van der Waals surface area contributed by atoms with Gasteiger partial charge < -0.3 is 14.4 Å². The first kappa shape index (κ1) is 24.9. The molecular weight excluding hydrogens is 466 g/mol. The van der Waals surface area contributed by atoms with Crippen molar-refractivity contribution in [3.05, 3.63) is 60.9 Å². The molecule has 1 aliphatic rings. The van der Waals surface area contributed by atoms with Crippen LogP contribution >= 0.6 is 0 Å². The van der Waals surface area contributed by atoms with Crippen LogP contribution in [-0.4, -0.2) is 60.0 Å². The first-order chi connectivity index (χ1) is 16.6. The fraction of sp³-hybridized carbons (Fsp3) is 0.385. The maximum Gasteiger partial charge on any atom is 0.410 e. The molecule has 3 aromatic rings. The van der Waals surface area contributed by atoms with Gasteiger partial charge in [0.1, 0.15) is 11.4 Å². The Hall–Kier alpha value is -3.17. The van der Waals surface area contributed by atoms with Gasteiger partial charge in [-0.1, -0.05) is 30.3 Å². The number of benzene rings is 2. The molecule has 2 heterocycles. The molecule has 1 aliphatic heterocycles. The first-order valence-corrected chi connectivity index (χ1v) is 13.1. The van der Waals surface area contributed by atoms with E-state index in [1.165, 1.54) is 10.5 Å². The van der Waals surface area contributed by atoms with Gasteiger partial charge in [-0.3, -0.25) is 4.98 Å². The van der Waals surface area contributed by atoms with Crippen LogP contribution in [0.2, 0.25) is 0 Å². The Labute approximate surface area is 206 Å². The molecule has 0 spiro atoms. The van der Waals surface area contributed by atoms with E-state index in [0.717, 1.165) is 0 Å². The lowest BCUT2D eigenvalue weighted by atomic mass is 10.1. The second kappa shape index (κ2) is 9.83. The number of hydrogen-bond donors (Lipinski definition) is 0. The monoisotopic (exact) mass is 497 g/mol. The predicted molar refractivity (Wildman–Crippen MR) is 134 cm³/mol. The van der Waals surface area contributed by atoms with Gasteiger partial charge in [-0.15, -0.1) is 0 Å². The molecule has 0 aliphatic carbocycles. The molecule has 2 aromatic carbocycles. The highest BCUT2D eigenvalue weighted by atomic mass is 32.2. The molecular formula is C26H31N3O5S. The minimum atomic E-state index is -3.91. The van der Waals surface area contributed by atoms with E-state index in [1.54, 1.807) is 35.4 Å². The summed E-state index contributed by atoms with van der Waals surface area (Å²) >= 11 is 0. The zero-order chi connectivity index (χ0) is 25.2. The Kier molecular flexibility index (Phi) is 7.00. The smallest absolute Gasteiger partial charge is 0.410 e. The number of para-hydroxylation sites is 1. The highest BCUT2D eigenvalue weighted by Crippen LogP contribution is 2.36. The third-order valence-corrected chi connectivity index (χ3v) is 7.76. The lowest BCUT2D eigenvalue weighted by molar-refractivity contribution is 0.0244. The Morgan fingerprint density at radius 3 is 2.49 bits per heavy atom. The predicted octanol–water partition coefficient (Wildman–Crippen LogP) is 5.05. The number of carbonyl (C=O) groups is 1. The standard InChI is InChI=1S/C26H31N3O5S/c1-19-18-28(25(30)34-26(2,3)4)14-9-15-29(19)35(31,32)23-13-8-10-20-16-27-17-22(24(20)23)33-21-11-6-5-7-12-21/h5-8,10-13,16-17,19H,9,14-15,18H2,1-4H3/t19-/m1/s1. The lowest BCUT2D eigenvalue weighted by Gasteiger charge is -2.30. The summed E-state index contributed by atoms with van der Waals surface area (Å²) in [6.45, 7) is 8.21. The number of ether oxygens (including phenoxy) is 2. The molecule has 1 aromatic heterocycles. The largest absolute Gasteiger partial charge is 0.455 e. The minimum Gasteiger partial charge on any atom is -0.455 e. The average molecular weight is 498 g/mol. The fourth-order valence-corrected chi connectivity index (χ4v) is 6.08. The molecule has 1 saturated heterocycles. The maximum atomic E-state index is 14.0. The van der Waals surface area contributed by atoms with Crippen molar-refractivity contribution in [1.82, 2.24) is 14.2 Å². The van der Waals surface area contributed by atoms with Crippen molar-refractivity contribution in [2.24, 2.45) is 0 Å². The SMILES string of the molecule is C[C@@H]1CN(C(=O)OC(C)(C)C)CCCN1S(=O)(=O)c1cccc2cncc(Oc3ccccc3)c12. The van der Waals surface area contributed by atoms with Crippen molar-refractivity contribution in [3.63, 3.8) is 0 Å². The van der Waals surface area contributed by atoms with Gasteiger partial charge >= 0.3 is 6.09 Å². The van der Waals surface area contributed by atoms with Crippen molar-refractivity contribution in [2.45, 2.75) is 50.7 Å². The quantitative estimate of drug-likeness (QED) is 0.501. The van der Waals surface area contributed by atoms with Crippen molar-refractivity contribution in [3.8, 4) is 11.5 Å². The number of amides is 1. The third-order valence-electron chi connectivity index (χ3n) is 5.70. The molecule has 0 unspecified atom stereocenters. The Morgan fingerprint density at radius 1 is 1.03 bits per heavy atom. The molecule has 0 N–H and O–H groups in total. The number of nitrogens with zero attached hydrogens (tertiary/aromatic N) is 3. The van der Waals surface area contributed by atoms with E-state index in [9.17, 15) is 13.2 Å². The van der Waals surface area contributed by atoms with Crippen molar-refractivity contribution >= 4 is 26.9 Å². The summed E-state index contributed by atoms with van der Waals surface area (Å²) in [5, 5.41) is 1.14. The zero-order valence-corrected chi connectivity index (χ0v) is 21.3.